The van der Waals surface area contributed by atoms with Gasteiger partial charge in [-0.3, -0.25) is 4.79 Å². The van der Waals surface area contributed by atoms with Gasteiger partial charge >= 0.3 is 0 Å². The first kappa shape index (κ1) is 14.6. The molecule has 1 aromatic heterocycles. The van der Waals surface area contributed by atoms with E-state index in [0.717, 1.165) is 22.6 Å². The first-order chi connectivity index (χ1) is 9.69. The Bertz CT molecular complexity index is 577. The number of ether oxygens (including phenoxy) is 1. The molecule has 1 heterocycles. The van der Waals surface area contributed by atoms with Crippen molar-refractivity contribution in [2.75, 3.05) is 6.54 Å². The Balaban J connectivity index is 1.91. The van der Waals surface area contributed by atoms with E-state index in [2.05, 4.69) is 5.32 Å². The number of hydrogen-bond donors (Lipinski definition) is 1. The highest BCUT2D eigenvalue weighted by molar-refractivity contribution is 7.12. The lowest BCUT2D eigenvalue weighted by Gasteiger charge is -2.05. The molecule has 0 unspecified atom stereocenters. The largest absolute Gasteiger partial charge is 0.489 e. The van der Waals surface area contributed by atoms with Gasteiger partial charge in [0.15, 0.2) is 0 Å². The summed E-state index contributed by atoms with van der Waals surface area (Å²) in [6.45, 7) is 5.27. The van der Waals surface area contributed by atoms with Crippen LogP contribution in [-0.4, -0.2) is 12.5 Å². The van der Waals surface area contributed by atoms with Crippen molar-refractivity contribution in [2.24, 2.45) is 0 Å². The maximum Gasteiger partial charge on any atom is 0.261 e. The summed E-state index contributed by atoms with van der Waals surface area (Å²) in [5, 5.41) is 4.84. The van der Waals surface area contributed by atoms with Crippen LogP contribution in [0.5, 0.6) is 5.75 Å². The number of hydrogen-bond acceptors (Lipinski definition) is 3. The quantitative estimate of drug-likeness (QED) is 0.879. The minimum absolute atomic E-state index is 0.00124. The summed E-state index contributed by atoms with van der Waals surface area (Å²) in [6.07, 6.45) is 0.945. The highest BCUT2D eigenvalue weighted by Crippen LogP contribution is 2.18. The van der Waals surface area contributed by atoms with Gasteiger partial charge in [-0.15, -0.1) is 11.3 Å². The van der Waals surface area contributed by atoms with Crippen molar-refractivity contribution in [3.63, 3.8) is 0 Å². The summed E-state index contributed by atoms with van der Waals surface area (Å²) in [6, 6.07) is 9.84. The van der Waals surface area contributed by atoms with Crippen molar-refractivity contribution >= 4 is 17.2 Å². The van der Waals surface area contributed by atoms with E-state index in [1.54, 1.807) is 0 Å². The second-order valence-electron chi connectivity index (χ2n) is 4.68. The third-order valence-corrected chi connectivity index (χ3v) is 3.79. The highest BCUT2D eigenvalue weighted by atomic mass is 32.1. The summed E-state index contributed by atoms with van der Waals surface area (Å²) >= 11 is 1.45. The van der Waals surface area contributed by atoms with Gasteiger partial charge < -0.3 is 10.1 Å². The molecule has 0 aliphatic heterocycles. The third kappa shape index (κ3) is 4.10. The van der Waals surface area contributed by atoms with E-state index in [0.29, 0.717) is 13.2 Å². The van der Waals surface area contributed by atoms with E-state index in [1.165, 1.54) is 16.9 Å². The Hall–Kier alpha value is -1.81. The van der Waals surface area contributed by atoms with Crippen LogP contribution in [0.15, 0.2) is 35.7 Å². The van der Waals surface area contributed by atoms with Crippen LogP contribution in [0, 0.1) is 6.92 Å². The van der Waals surface area contributed by atoms with Crippen LogP contribution in [-0.2, 0) is 6.61 Å². The van der Waals surface area contributed by atoms with Crippen LogP contribution < -0.4 is 10.1 Å². The van der Waals surface area contributed by atoms with Gasteiger partial charge in [0.05, 0.1) is 4.88 Å². The monoisotopic (exact) mass is 289 g/mol. The number of benzene rings is 1. The summed E-state index contributed by atoms with van der Waals surface area (Å²) in [5.74, 6) is 0.854. The molecule has 0 bridgehead atoms. The van der Waals surface area contributed by atoms with Gasteiger partial charge in [-0.25, -0.2) is 0 Å². The van der Waals surface area contributed by atoms with Crippen molar-refractivity contribution in [1.82, 2.24) is 5.32 Å². The Morgan fingerprint density at radius 1 is 1.35 bits per heavy atom. The molecule has 4 heteroatoms. The highest BCUT2D eigenvalue weighted by Gasteiger charge is 2.08. The Morgan fingerprint density at radius 3 is 2.95 bits per heavy atom. The predicted octanol–water partition coefficient (Wildman–Crippen LogP) is 3.78. The number of rotatable bonds is 6. The van der Waals surface area contributed by atoms with Gasteiger partial charge in [0.1, 0.15) is 12.4 Å². The fraction of sp³-hybridized carbons (Fsp3) is 0.312. The lowest BCUT2D eigenvalue weighted by Crippen LogP contribution is -2.22. The van der Waals surface area contributed by atoms with Crippen LogP contribution in [0.4, 0.5) is 0 Å². The molecule has 20 heavy (non-hydrogen) atoms. The first-order valence-corrected chi connectivity index (χ1v) is 7.62. The van der Waals surface area contributed by atoms with Crippen LogP contribution in [0.1, 0.15) is 34.1 Å². The molecule has 3 nitrogen and oxygen atoms in total. The molecule has 0 radical (unpaired) electrons. The Kier molecular flexibility index (Phi) is 5.18. The van der Waals surface area contributed by atoms with E-state index < -0.39 is 0 Å². The molecule has 0 saturated carbocycles. The zero-order valence-corrected chi connectivity index (χ0v) is 12.6. The molecule has 0 aliphatic carbocycles. The lowest BCUT2D eigenvalue weighted by atomic mass is 10.2. The maximum absolute atomic E-state index is 11.8. The molecule has 106 valence electrons. The smallest absolute Gasteiger partial charge is 0.261 e. The Morgan fingerprint density at radius 2 is 2.20 bits per heavy atom. The molecule has 1 N–H and O–H groups in total. The van der Waals surface area contributed by atoms with Crippen LogP contribution in [0.2, 0.25) is 0 Å². The number of nitrogens with one attached hydrogen (secondary N) is 1. The van der Waals surface area contributed by atoms with E-state index in [4.69, 9.17) is 4.74 Å². The molecule has 0 saturated heterocycles. The summed E-state index contributed by atoms with van der Waals surface area (Å²) in [7, 11) is 0. The van der Waals surface area contributed by atoms with Gasteiger partial charge in [0.25, 0.3) is 5.91 Å². The molecule has 2 rings (SSSR count). The zero-order chi connectivity index (χ0) is 14.4. The van der Waals surface area contributed by atoms with E-state index >= 15 is 0 Å². The SMILES string of the molecule is CCCNC(=O)c1cc(COc2cccc(C)c2)cs1. The molecule has 0 fully saturated rings. The van der Waals surface area contributed by atoms with Crippen molar-refractivity contribution in [3.8, 4) is 5.75 Å². The minimum Gasteiger partial charge on any atom is -0.489 e. The number of carbonyl (C=O) groups excluding carboxylic acids is 1. The topological polar surface area (TPSA) is 38.3 Å². The first-order valence-electron chi connectivity index (χ1n) is 6.74. The van der Waals surface area contributed by atoms with Crippen molar-refractivity contribution in [1.29, 1.82) is 0 Å². The van der Waals surface area contributed by atoms with Gasteiger partial charge in [0, 0.05) is 12.1 Å². The molecular weight excluding hydrogens is 270 g/mol. The maximum atomic E-state index is 11.8. The standard InChI is InChI=1S/C16H19NO2S/c1-3-7-17-16(18)15-9-13(11-20-15)10-19-14-6-4-5-12(2)8-14/h4-6,8-9,11H,3,7,10H2,1-2H3,(H,17,18). The fourth-order valence-corrected chi connectivity index (χ4v) is 2.58. The number of aryl methyl sites for hydroxylation is 1. The average molecular weight is 289 g/mol. The average Bonchev–Trinajstić information content (AvgIpc) is 2.91. The van der Waals surface area contributed by atoms with Crippen LogP contribution in [0.25, 0.3) is 0 Å². The normalized spacial score (nSPS) is 10.3. The Labute approximate surface area is 123 Å². The molecule has 2 aromatic rings. The van der Waals surface area contributed by atoms with Crippen molar-refractivity contribution in [2.45, 2.75) is 26.9 Å². The van der Waals surface area contributed by atoms with Crippen LogP contribution in [0.3, 0.4) is 0 Å². The van der Waals surface area contributed by atoms with Gasteiger partial charge in [0.2, 0.25) is 0 Å². The number of thiophene rings is 1. The van der Waals surface area contributed by atoms with Crippen molar-refractivity contribution in [3.05, 3.63) is 51.7 Å². The van der Waals surface area contributed by atoms with E-state index in [9.17, 15) is 4.79 Å². The fourth-order valence-electron chi connectivity index (χ4n) is 1.77. The van der Waals surface area contributed by atoms with Crippen molar-refractivity contribution < 1.29 is 9.53 Å². The number of amides is 1. The van der Waals surface area contributed by atoms with Gasteiger partial charge in [-0.2, -0.15) is 0 Å². The number of carbonyl (C=O) groups is 1. The summed E-state index contributed by atoms with van der Waals surface area (Å²) in [4.78, 5) is 12.5. The predicted molar refractivity (Wildman–Crippen MR) is 82.5 cm³/mol. The second kappa shape index (κ2) is 7.10. The summed E-state index contributed by atoms with van der Waals surface area (Å²) in [5.41, 5.74) is 2.20. The molecule has 1 aromatic carbocycles. The van der Waals surface area contributed by atoms with Gasteiger partial charge in [-0.1, -0.05) is 19.1 Å². The van der Waals surface area contributed by atoms with Crippen LogP contribution >= 0.6 is 11.3 Å². The summed E-state index contributed by atoms with van der Waals surface area (Å²) < 4.78 is 5.72. The molecule has 0 atom stereocenters. The lowest BCUT2D eigenvalue weighted by molar-refractivity contribution is 0.0957. The molecular formula is C16H19NO2S. The van der Waals surface area contributed by atoms with E-state index in [-0.39, 0.29) is 5.91 Å². The van der Waals surface area contributed by atoms with E-state index in [1.807, 2.05) is 49.6 Å². The minimum atomic E-state index is -0.00124. The second-order valence-corrected chi connectivity index (χ2v) is 5.59. The third-order valence-electron chi connectivity index (χ3n) is 2.81. The molecule has 0 spiro atoms. The zero-order valence-electron chi connectivity index (χ0n) is 11.8. The van der Waals surface area contributed by atoms with Gasteiger partial charge in [-0.05, 0) is 42.5 Å². The molecule has 0 aliphatic rings. The molecule has 1 amide bonds.